The van der Waals surface area contributed by atoms with Crippen LogP contribution in [0.3, 0.4) is 0 Å². The van der Waals surface area contributed by atoms with Crippen LogP contribution in [-0.4, -0.2) is 4.89 Å². The van der Waals surface area contributed by atoms with Gasteiger partial charge in [-0.05, 0) is 17.3 Å². The van der Waals surface area contributed by atoms with Gasteiger partial charge in [0.2, 0.25) is 0 Å². The fourth-order valence-corrected chi connectivity index (χ4v) is 1.14. The first-order chi connectivity index (χ1) is 5.20. The third kappa shape index (κ3) is 2.54. The molecule has 0 aliphatic heterocycles. The Bertz CT molecular complexity index is 241. The molecule has 1 N–H and O–H groups in total. The number of benzene rings is 1. The molecule has 1 aromatic rings. The summed E-state index contributed by atoms with van der Waals surface area (Å²) in [5.74, 6) is -0.203. The van der Waals surface area contributed by atoms with Crippen LogP contribution in [0.15, 0.2) is 24.3 Å². The molecule has 0 saturated heterocycles. The molecule has 0 spiro atoms. The standard InChI is InChI=1S/C6H6ClO3P/c7-11(9)10-6-4-2-1-3-5(6)8/h1-4,8-9H/p-1. The molecule has 60 valence electrons. The second kappa shape index (κ2) is 3.77. The van der Waals surface area contributed by atoms with E-state index < -0.39 is 7.73 Å². The summed E-state index contributed by atoms with van der Waals surface area (Å²) < 4.78 is 4.62. The van der Waals surface area contributed by atoms with Gasteiger partial charge >= 0.3 is 7.73 Å². The lowest BCUT2D eigenvalue weighted by atomic mass is 10.3. The van der Waals surface area contributed by atoms with Gasteiger partial charge in [-0.15, -0.1) is 0 Å². The number of halogens is 1. The van der Waals surface area contributed by atoms with Gasteiger partial charge in [0.25, 0.3) is 0 Å². The second-order valence-electron chi connectivity index (χ2n) is 1.76. The smallest absolute Gasteiger partial charge is 0.335 e. The van der Waals surface area contributed by atoms with Crippen molar-refractivity contribution in [1.29, 1.82) is 0 Å². The molecule has 1 unspecified atom stereocenters. The Hall–Kier alpha value is -0.500. The predicted octanol–water partition coefficient (Wildman–Crippen LogP) is 1.60. The van der Waals surface area contributed by atoms with Crippen LogP contribution in [0.1, 0.15) is 0 Å². The van der Waals surface area contributed by atoms with Crippen LogP contribution in [0.4, 0.5) is 0 Å². The van der Waals surface area contributed by atoms with Gasteiger partial charge in [0, 0.05) is 0 Å². The van der Waals surface area contributed by atoms with E-state index in [2.05, 4.69) is 4.52 Å². The number of rotatable bonds is 2. The fraction of sp³-hybridized carbons (Fsp3) is 0. The highest BCUT2D eigenvalue weighted by Crippen LogP contribution is 2.40. The summed E-state index contributed by atoms with van der Waals surface area (Å²) in [6.07, 6.45) is 0. The van der Waals surface area contributed by atoms with E-state index in [1.54, 1.807) is 12.1 Å². The van der Waals surface area contributed by atoms with E-state index in [0.717, 1.165) is 0 Å². The van der Waals surface area contributed by atoms with Crippen molar-refractivity contribution in [2.24, 2.45) is 0 Å². The zero-order chi connectivity index (χ0) is 8.27. The average Bonchev–Trinajstić information content (AvgIpc) is 1.93. The van der Waals surface area contributed by atoms with Crippen molar-refractivity contribution >= 4 is 19.0 Å². The molecule has 0 aliphatic rings. The molecule has 11 heavy (non-hydrogen) atoms. The number of para-hydroxylation sites is 2. The summed E-state index contributed by atoms with van der Waals surface area (Å²) in [6.45, 7) is 0. The van der Waals surface area contributed by atoms with Crippen molar-refractivity contribution in [2.75, 3.05) is 0 Å². The molecule has 0 aliphatic carbocycles. The first kappa shape index (κ1) is 8.60. The minimum Gasteiger partial charge on any atom is -0.870 e. The zero-order valence-electron chi connectivity index (χ0n) is 5.40. The lowest BCUT2D eigenvalue weighted by molar-refractivity contribution is -0.269. The molecule has 0 saturated carbocycles. The first-order valence-electron chi connectivity index (χ1n) is 2.79. The van der Waals surface area contributed by atoms with Crippen LogP contribution >= 0.6 is 19.0 Å². The van der Waals surface area contributed by atoms with Crippen molar-refractivity contribution in [3.8, 4) is 11.5 Å². The molecule has 0 radical (unpaired) electrons. The minimum absolute atomic E-state index is 0.0797. The summed E-state index contributed by atoms with van der Waals surface area (Å²) in [7, 11) is -2.02. The highest BCUT2D eigenvalue weighted by molar-refractivity contribution is 7.75. The number of hydrogen-bond acceptors (Lipinski definition) is 3. The zero-order valence-corrected chi connectivity index (χ0v) is 7.05. The molecular weight excluding hydrogens is 186 g/mol. The van der Waals surface area contributed by atoms with Gasteiger partial charge in [-0.3, -0.25) is 0 Å². The van der Waals surface area contributed by atoms with E-state index in [4.69, 9.17) is 16.1 Å². The average molecular weight is 192 g/mol. The minimum atomic E-state index is -2.02. The highest BCUT2D eigenvalue weighted by Gasteiger charge is 2.01. The summed E-state index contributed by atoms with van der Waals surface area (Å²) >= 11 is 5.14. The Kier molecular flexibility index (Phi) is 2.94. The van der Waals surface area contributed by atoms with Crippen LogP contribution in [0.5, 0.6) is 11.5 Å². The van der Waals surface area contributed by atoms with E-state index in [1.807, 2.05) is 0 Å². The lowest BCUT2D eigenvalue weighted by Gasteiger charge is -2.12. The van der Waals surface area contributed by atoms with Gasteiger partial charge in [0.15, 0.2) is 0 Å². The van der Waals surface area contributed by atoms with Crippen molar-refractivity contribution < 1.29 is 14.5 Å². The lowest BCUT2D eigenvalue weighted by Crippen LogP contribution is -1.92. The van der Waals surface area contributed by atoms with Crippen molar-refractivity contribution in [3.63, 3.8) is 0 Å². The molecule has 1 aromatic carbocycles. The van der Waals surface area contributed by atoms with Crippen LogP contribution in [0, 0.1) is 0 Å². The van der Waals surface area contributed by atoms with Gasteiger partial charge in [0.05, 0.1) is 0 Å². The van der Waals surface area contributed by atoms with Crippen molar-refractivity contribution in [2.45, 2.75) is 0 Å². The molecule has 0 fully saturated rings. The molecule has 0 aromatic heterocycles. The van der Waals surface area contributed by atoms with Gasteiger partial charge in [0.1, 0.15) is 5.75 Å². The van der Waals surface area contributed by atoms with E-state index in [0.29, 0.717) is 0 Å². The topological polar surface area (TPSA) is 52.5 Å². The Morgan fingerprint density at radius 1 is 1.45 bits per heavy atom. The molecule has 5 heteroatoms. The molecular formula is C6H5ClO3P-. The van der Waals surface area contributed by atoms with Crippen LogP contribution in [0.2, 0.25) is 0 Å². The maximum absolute atomic E-state index is 10.9. The molecule has 1 rings (SSSR count). The van der Waals surface area contributed by atoms with E-state index in [9.17, 15) is 5.11 Å². The third-order valence-corrected chi connectivity index (χ3v) is 1.58. The molecule has 1 atom stereocenters. The largest absolute Gasteiger partial charge is 0.870 e. The SMILES string of the molecule is [O-]c1ccccc1OP(O)Cl. The predicted molar refractivity (Wildman–Crippen MR) is 41.5 cm³/mol. The van der Waals surface area contributed by atoms with Crippen molar-refractivity contribution in [3.05, 3.63) is 24.3 Å². The summed E-state index contributed by atoms with van der Waals surface area (Å²) in [4.78, 5) is 8.60. The maximum Gasteiger partial charge on any atom is 0.335 e. The summed E-state index contributed by atoms with van der Waals surface area (Å²) in [6, 6.07) is 6.01. The quantitative estimate of drug-likeness (QED) is 0.723. The van der Waals surface area contributed by atoms with E-state index >= 15 is 0 Å². The van der Waals surface area contributed by atoms with Gasteiger partial charge in [-0.25, -0.2) is 0 Å². The second-order valence-corrected chi connectivity index (χ2v) is 3.27. The molecule has 3 nitrogen and oxygen atoms in total. The van der Waals surface area contributed by atoms with Crippen LogP contribution in [-0.2, 0) is 0 Å². The molecule has 0 bridgehead atoms. The van der Waals surface area contributed by atoms with Gasteiger partial charge in [-0.1, -0.05) is 23.9 Å². The Morgan fingerprint density at radius 3 is 2.64 bits per heavy atom. The van der Waals surface area contributed by atoms with E-state index in [-0.39, 0.29) is 11.5 Å². The first-order valence-corrected chi connectivity index (χ1v) is 4.90. The summed E-state index contributed by atoms with van der Waals surface area (Å²) in [5, 5.41) is 10.9. The van der Waals surface area contributed by atoms with Crippen LogP contribution < -0.4 is 9.63 Å². The fourth-order valence-electron chi connectivity index (χ4n) is 0.607. The van der Waals surface area contributed by atoms with Gasteiger partial charge in [-0.2, -0.15) is 0 Å². The third-order valence-electron chi connectivity index (χ3n) is 1.02. The maximum atomic E-state index is 10.9. The van der Waals surface area contributed by atoms with Gasteiger partial charge < -0.3 is 14.5 Å². The highest BCUT2D eigenvalue weighted by atomic mass is 35.7. The Balaban J connectivity index is 2.78. The Labute approximate surface area is 69.9 Å². The molecule has 0 heterocycles. The van der Waals surface area contributed by atoms with E-state index in [1.165, 1.54) is 12.1 Å². The number of hydrogen-bond donors (Lipinski definition) is 1. The monoisotopic (exact) mass is 191 g/mol. The normalized spacial score (nSPS) is 12.5. The van der Waals surface area contributed by atoms with Crippen molar-refractivity contribution in [1.82, 2.24) is 0 Å². The molecule has 0 amide bonds. The Morgan fingerprint density at radius 2 is 2.09 bits per heavy atom. The van der Waals surface area contributed by atoms with Crippen LogP contribution in [0.25, 0.3) is 0 Å². The summed E-state index contributed by atoms with van der Waals surface area (Å²) in [5.41, 5.74) is 0.